The van der Waals surface area contributed by atoms with Crippen LogP contribution in [0.15, 0.2) is 60.7 Å². The summed E-state index contributed by atoms with van der Waals surface area (Å²) in [6, 6.07) is 9.16. The molecule has 5 rings (SSSR count). The van der Waals surface area contributed by atoms with Crippen LogP contribution in [0.4, 0.5) is 0 Å². The zero-order valence-electron chi connectivity index (χ0n) is 20.8. The number of Topliss-reactive ketones (excluding diaryl/α,β-unsaturated/α-hetero) is 1. The van der Waals surface area contributed by atoms with Crippen LogP contribution in [0.3, 0.4) is 0 Å². The smallest absolute Gasteiger partial charge is 0.295 e. The number of rotatable bonds is 8. The van der Waals surface area contributed by atoms with Gasteiger partial charge in [0.25, 0.3) is 11.7 Å². The lowest BCUT2D eigenvalue weighted by Gasteiger charge is -2.26. The molecule has 0 saturated carbocycles. The highest BCUT2D eigenvalue weighted by Gasteiger charge is 2.46. The van der Waals surface area contributed by atoms with Crippen LogP contribution in [0.5, 0.6) is 17.2 Å². The van der Waals surface area contributed by atoms with Crippen LogP contribution < -0.4 is 9.47 Å². The zero-order valence-corrected chi connectivity index (χ0v) is 20.8. The number of aromatic nitrogens is 2. The van der Waals surface area contributed by atoms with Gasteiger partial charge in [0.2, 0.25) is 0 Å². The number of fused-ring (bicyclic) bond motifs is 1. The molecule has 2 N–H and O–H groups in total. The number of aliphatic hydroxyl groups excluding tert-OH is 1. The number of benzene rings is 2. The second kappa shape index (κ2) is 10.0. The Morgan fingerprint density at radius 1 is 1.19 bits per heavy atom. The van der Waals surface area contributed by atoms with Crippen LogP contribution >= 0.6 is 0 Å². The Kier molecular flexibility index (Phi) is 6.60. The molecule has 0 unspecified atom stereocenters. The molecule has 1 amide bonds. The Hall–Kier alpha value is -4.27. The summed E-state index contributed by atoms with van der Waals surface area (Å²) in [7, 11) is 0. The van der Waals surface area contributed by atoms with E-state index in [0.717, 1.165) is 11.3 Å². The summed E-state index contributed by atoms with van der Waals surface area (Å²) >= 11 is 0. The molecule has 192 valence electrons. The van der Waals surface area contributed by atoms with Crippen molar-refractivity contribution in [2.45, 2.75) is 45.4 Å². The number of aryl methyl sites for hydroxylation is 1. The predicted molar refractivity (Wildman–Crippen MR) is 135 cm³/mol. The normalized spacial score (nSPS) is 20.2. The molecule has 0 spiro atoms. The number of phenols is 1. The molecule has 0 radical (unpaired) electrons. The molecule has 1 fully saturated rings. The highest BCUT2D eigenvalue weighted by Crippen LogP contribution is 2.42. The molecule has 1 saturated heterocycles. The SMILES string of the molecule is CCOc1cc([C@@H]2C(=C(O)c3ccc4c(c3)C[C@H](C)O4)C(=O)C(=O)N2CCCn2ccnc2)ccc1O. The maximum Gasteiger partial charge on any atom is 0.295 e. The molecule has 0 bridgehead atoms. The minimum atomic E-state index is -0.842. The van der Waals surface area contributed by atoms with Crippen molar-refractivity contribution in [2.75, 3.05) is 13.2 Å². The fourth-order valence-electron chi connectivity index (χ4n) is 5.00. The minimum absolute atomic E-state index is 0.00711. The van der Waals surface area contributed by atoms with E-state index < -0.39 is 17.7 Å². The van der Waals surface area contributed by atoms with E-state index in [1.165, 1.54) is 11.0 Å². The molecular formula is C28H29N3O6. The van der Waals surface area contributed by atoms with E-state index in [-0.39, 0.29) is 35.5 Å². The first kappa shape index (κ1) is 24.4. The Balaban J connectivity index is 1.56. The average Bonchev–Trinajstić information content (AvgIpc) is 3.59. The van der Waals surface area contributed by atoms with Crippen molar-refractivity contribution in [1.29, 1.82) is 0 Å². The number of carbonyl (C=O) groups excluding carboxylic acids is 2. The molecule has 2 aromatic carbocycles. The lowest BCUT2D eigenvalue weighted by molar-refractivity contribution is -0.139. The number of phenolic OH excluding ortho intramolecular Hbond substituents is 1. The lowest BCUT2D eigenvalue weighted by Crippen LogP contribution is -2.31. The molecule has 3 aromatic rings. The summed E-state index contributed by atoms with van der Waals surface area (Å²) in [5.74, 6) is -0.722. The van der Waals surface area contributed by atoms with Crippen molar-refractivity contribution in [3.8, 4) is 17.2 Å². The summed E-state index contributed by atoms with van der Waals surface area (Å²) in [6.07, 6.45) is 6.50. The molecule has 1 aromatic heterocycles. The first-order valence-electron chi connectivity index (χ1n) is 12.4. The molecule has 2 aliphatic heterocycles. The largest absolute Gasteiger partial charge is 0.507 e. The zero-order chi connectivity index (χ0) is 26.1. The number of ether oxygens (including phenoxy) is 2. The van der Waals surface area contributed by atoms with E-state index in [0.29, 0.717) is 37.1 Å². The average molecular weight is 504 g/mol. The predicted octanol–water partition coefficient (Wildman–Crippen LogP) is 3.82. The Labute approximate surface area is 214 Å². The number of amides is 1. The quantitative estimate of drug-likeness (QED) is 0.273. The van der Waals surface area contributed by atoms with Crippen molar-refractivity contribution >= 4 is 17.4 Å². The van der Waals surface area contributed by atoms with Crippen molar-refractivity contribution in [1.82, 2.24) is 14.5 Å². The maximum absolute atomic E-state index is 13.3. The number of ketones is 1. The summed E-state index contributed by atoms with van der Waals surface area (Å²) in [4.78, 5) is 32.1. The molecule has 3 heterocycles. The number of hydrogen-bond donors (Lipinski definition) is 2. The van der Waals surface area contributed by atoms with Gasteiger partial charge in [0.15, 0.2) is 11.5 Å². The van der Waals surface area contributed by atoms with Crippen LogP contribution in [-0.4, -0.2) is 55.6 Å². The molecule has 9 nitrogen and oxygen atoms in total. The van der Waals surface area contributed by atoms with E-state index in [2.05, 4.69) is 4.98 Å². The molecule has 2 atom stereocenters. The van der Waals surface area contributed by atoms with Gasteiger partial charge < -0.3 is 29.2 Å². The van der Waals surface area contributed by atoms with Crippen LogP contribution in [0.25, 0.3) is 5.76 Å². The Bertz CT molecular complexity index is 1360. The third kappa shape index (κ3) is 4.64. The number of aliphatic hydroxyl groups is 1. The fourth-order valence-corrected chi connectivity index (χ4v) is 5.00. The molecular weight excluding hydrogens is 474 g/mol. The van der Waals surface area contributed by atoms with Crippen molar-refractivity contribution < 1.29 is 29.3 Å². The first-order chi connectivity index (χ1) is 17.9. The van der Waals surface area contributed by atoms with Crippen LogP contribution in [-0.2, 0) is 22.6 Å². The van der Waals surface area contributed by atoms with Gasteiger partial charge in [-0.25, -0.2) is 4.98 Å². The van der Waals surface area contributed by atoms with Gasteiger partial charge in [-0.2, -0.15) is 0 Å². The monoisotopic (exact) mass is 503 g/mol. The standard InChI is InChI=1S/C28H29N3O6/c1-3-36-23-15-18(5-7-21(23)32)25-24(26(33)19-6-8-22-20(14-19)13-17(2)37-22)27(34)28(35)31(25)11-4-10-30-12-9-29-16-30/h5-9,12,14-17,25,32-33H,3-4,10-11,13H2,1-2H3/t17-,25+/m0/s1. The van der Waals surface area contributed by atoms with E-state index in [1.807, 2.05) is 17.7 Å². The number of hydrogen-bond acceptors (Lipinski definition) is 7. The number of imidazole rings is 1. The molecule has 0 aliphatic carbocycles. The highest BCUT2D eigenvalue weighted by molar-refractivity contribution is 6.46. The van der Waals surface area contributed by atoms with Gasteiger partial charge in [-0.15, -0.1) is 0 Å². The molecule has 2 aliphatic rings. The third-order valence-electron chi connectivity index (χ3n) is 6.68. The number of nitrogens with zero attached hydrogens (tertiary/aromatic N) is 3. The summed E-state index contributed by atoms with van der Waals surface area (Å²) in [5.41, 5.74) is 1.95. The molecule has 37 heavy (non-hydrogen) atoms. The summed E-state index contributed by atoms with van der Waals surface area (Å²) in [5, 5.41) is 21.6. The van der Waals surface area contributed by atoms with Gasteiger partial charge in [0.05, 0.1) is 24.5 Å². The van der Waals surface area contributed by atoms with Crippen molar-refractivity contribution in [2.24, 2.45) is 0 Å². The van der Waals surface area contributed by atoms with Gasteiger partial charge in [-0.3, -0.25) is 9.59 Å². The summed E-state index contributed by atoms with van der Waals surface area (Å²) < 4.78 is 13.2. The third-order valence-corrected chi connectivity index (χ3v) is 6.68. The number of carbonyl (C=O) groups is 2. The van der Waals surface area contributed by atoms with Gasteiger partial charge in [-0.1, -0.05) is 6.07 Å². The number of likely N-dealkylation sites (tertiary alicyclic amines) is 1. The van der Waals surface area contributed by atoms with Gasteiger partial charge in [-0.05, 0) is 61.7 Å². The van der Waals surface area contributed by atoms with E-state index >= 15 is 0 Å². The van der Waals surface area contributed by atoms with Crippen molar-refractivity contribution in [3.05, 3.63) is 77.4 Å². The number of aromatic hydroxyl groups is 1. The first-order valence-corrected chi connectivity index (χ1v) is 12.4. The topological polar surface area (TPSA) is 114 Å². The fraction of sp³-hybridized carbons (Fsp3) is 0.321. The maximum atomic E-state index is 13.3. The van der Waals surface area contributed by atoms with E-state index in [4.69, 9.17) is 9.47 Å². The van der Waals surface area contributed by atoms with Crippen LogP contribution in [0.1, 0.15) is 43.0 Å². The minimum Gasteiger partial charge on any atom is -0.507 e. The Morgan fingerprint density at radius 3 is 2.78 bits per heavy atom. The highest BCUT2D eigenvalue weighted by atomic mass is 16.5. The second-order valence-electron chi connectivity index (χ2n) is 9.26. The van der Waals surface area contributed by atoms with E-state index in [1.54, 1.807) is 49.8 Å². The second-order valence-corrected chi connectivity index (χ2v) is 9.26. The summed E-state index contributed by atoms with van der Waals surface area (Å²) in [6.45, 7) is 4.99. The van der Waals surface area contributed by atoms with E-state index in [9.17, 15) is 19.8 Å². The van der Waals surface area contributed by atoms with Gasteiger partial charge >= 0.3 is 0 Å². The lowest BCUT2D eigenvalue weighted by atomic mass is 9.94. The Morgan fingerprint density at radius 2 is 2.03 bits per heavy atom. The van der Waals surface area contributed by atoms with Crippen molar-refractivity contribution in [3.63, 3.8) is 0 Å². The van der Waals surface area contributed by atoms with Gasteiger partial charge in [0.1, 0.15) is 17.6 Å². The van der Waals surface area contributed by atoms with Gasteiger partial charge in [0, 0.05) is 37.5 Å². The van der Waals surface area contributed by atoms with Crippen LogP contribution in [0, 0.1) is 0 Å². The van der Waals surface area contributed by atoms with Crippen LogP contribution in [0.2, 0.25) is 0 Å². The molecule has 9 heteroatoms.